The van der Waals surface area contributed by atoms with Crippen molar-refractivity contribution >= 4 is 11.9 Å². The molecular weight excluding hydrogens is 384 g/mol. The minimum absolute atomic E-state index is 0.0894. The maximum absolute atomic E-state index is 12.1. The number of rotatable bonds is 21. The Labute approximate surface area is 183 Å². The van der Waals surface area contributed by atoms with Gasteiger partial charge in [0.1, 0.15) is 5.97 Å². The van der Waals surface area contributed by atoms with Gasteiger partial charge in [-0.25, -0.2) is 4.79 Å². The Kier molecular flexibility index (Phi) is 19.4. The van der Waals surface area contributed by atoms with E-state index in [-0.39, 0.29) is 19.8 Å². The minimum Gasteiger partial charge on any atom is -0.541 e. The van der Waals surface area contributed by atoms with Crippen LogP contribution in [0.2, 0.25) is 0 Å². The highest BCUT2D eigenvalue weighted by Crippen LogP contribution is 2.14. The van der Waals surface area contributed by atoms with E-state index in [4.69, 9.17) is 14.2 Å². The Morgan fingerprint density at radius 3 is 1.37 bits per heavy atom. The normalized spacial score (nSPS) is 11.7. The number of carboxylic acids is 1. The van der Waals surface area contributed by atoms with Crippen molar-refractivity contribution in [1.29, 1.82) is 0 Å². The van der Waals surface area contributed by atoms with Crippen molar-refractivity contribution in [2.24, 2.45) is 0 Å². The Bertz CT molecular complexity index is 472. The summed E-state index contributed by atoms with van der Waals surface area (Å²) in [5, 5.41) is 11.1. The molecule has 0 aromatic carbocycles. The third-order valence-corrected chi connectivity index (χ3v) is 4.89. The number of hydrogen-bond donors (Lipinski definition) is 0. The molecule has 0 N–H and O–H groups in total. The molecule has 176 valence electrons. The van der Waals surface area contributed by atoms with Crippen molar-refractivity contribution in [2.75, 3.05) is 19.8 Å². The quantitative estimate of drug-likeness (QED) is 0.110. The topological polar surface area (TPSA) is 84.9 Å². The van der Waals surface area contributed by atoms with E-state index in [0.717, 1.165) is 19.3 Å². The Morgan fingerprint density at radius 2 is 0.967 bits per heavy atom. The van der Waals surface area contributed by atoms with Crippen LogP contribution in [0.4, 0.5) is 0 Å². The first-order valence-electron chi connectivity index (χ1n) is 12.0. The molecule has 0 saturated carbocycles. The van der Waals surface area contributed by atoms with Gasteiger partial charge in [-0.15, -0.1) is 0 Å². The number of unbranched alkanes of at least 4 members (excludes halogenated alkanes) is 13. The van der Waals surface area contributed by atoms with Gasteiger partial charge in [-0.3, -0.25) is 0 Å². The van der Waals surface area contributed by atoms with Gasteiger partial charge in [0.25, 0.3) is 0 Å². The largest absolute Gasteiger partial charge is 0.541 e. The van der Waals surface area contributed by atoms with E-state index in [1.807, 2.05) is 0 Å². The van der Waals surface area contributed by atoms with E-state index in [2.05, 4.69) is 6.92 Å². The molecule has 0 rings (SSSR count). The number of hydrogen-bond acceptors (Lipinski definition) is 6. The second-order valence-corrected chi connectivity index (χ2v) is 7.54. The van der Waals surface area contributed by atoms with Gasteiger partial charge in [-0.05, 0) is 20.3 Å². The van der Waals surface area contributed by atoms with Gasteiger partial charge in [0, 0.05) is 0 Å². The van der Waals surface area contributed by atoms with Gasteiger partial charge in [0.2, 0.25) is 5.76 Å². The predicted octanol–water partition coefficient (Wildman–Crippen LogP) is 5.05. The molecule has 0 saturated heterocycles. The number of carbonyl (C=O) groups excluding carboxylic acids is 2. The molecule has 0 aromatic rings. The van der Waals surface area contributed by atoms with Gasteiger partial charge < -0.3 is 24.1 Å². The van der Waals surface area contributed by atoms with Gasteiger partial charge in [0.05, 0.1) is 19.8 Å². The van der Waals surface area contributed by atoms with Crippen LogP contribution in [-0.2, 0) is 23.8 Å². The van der Waals surface area contributed by atoms with E-state index in [0.29, 0.717) is 0 Å². The summed E-state index contributed by atoms with van der Waals surface area (Å²) < 4.78 is 15.2. The second kappa shape index (κ2) is 20.5. The number of carboxylic acid groups (broad SMARTS) is 1. The SMILES string of the molecule is CCCCCCCCCCCCCCCCOC(=O)C(OCC)=C(OCC)C(=O)[O-]. The lowest BCUT2D eigenvalue weighted by Gasteiger charge is -2.15. The number of carbonyl (C=O) groups is 2. The molecule has 0 spiro atoms. The average Bonchev–Trinajstić information content (AvgIpc) is 2.73. The first kappa shape index (κ1) is 28.3. The van der Waals surface area contributed by atoms with Gasteiger partial charge in [0.15, 0.2) is 5.76 Å². The van der Waals surface area contributed by atoms with Crippen LogP contribution in [0, 0.1) is 0 Å². The first-order chi connectivity index (χ1) is 14.6. The van der Waals surface area contributed by atoms with Crippen molar-refractivity contribution < 1.29 is 28.9 Å². The number of aliphatic carboxylic acids is 1. The molecule has 0 aliphatic rings. The van der Waals surface area contributed by atoms with E-state index in [1.165, 1.54) is 70.6 Å². The van der Waals surface area contributed by atoms with Crippen LogP contribution in [0.15, 0.2) is 11.5 Å². The lowest BCUT2D eigenvalue weighted by Crippen LogP contribution is -2.30. The Balaban J connectivity index is 3.78. The predicted molar refractivity (Wildman–Crippen MR) is 117 cm³/mol. The van der Waals surface area contributed by atoms with Crippen LogP contribution in [0.5, 0.6) is 0 Å². The van der Waals surface area contributed by atoms with Gasteiger partial charge in [-0.1, -0.05) is 90.4 Å². The van der Waals surface area contributed by atoms with Crippen LogP contribution in [0.25, 0.3) is 0 Å². The van der Waals surface area contributed by atoms with E-state index in [9.17, 15) is 14.7 Å². The molecule has 30 heavy (non-hydrogen) atoms. The molecule has 0 unspecified atom stereocenters. The van der Waals surface area contributed by atoms with Gasteiger partial charge in [-0.2, -0.15) is 0 Å². The average molecular weight is 428 g/mol. The third-order valence-electron chi connectivity index (χ3n) is 4.89. The summed E-state index contributed by atoms with van der Waals surface area (Å²) >= 11 is 0. The molecule has 0 amide bonds. The van der Waals surface area contributed by atoms with Gasteiger partial charge >= 0.3 is 5.97 Å². The molecule has 0 heterocycles. The standard InChI is InChI=1S/C24H44O6/c1-4-7-8-9-10-11-12-13-14-15-16-17-18-19-20-30-24(27)22(29-6-3)21(23(25)26)28-5-2/h4-20H2,1-3H3,(H,25,26)/p-1. The minimum atomic E-state index is -1.59. The molecule has 0 radical (unpaired) electrons. The third kappa shape index (κ3) is 15.2. The summed E-state index contributed by atoms with van der Waals surface area (Å²) in [6.07, 6.45) is 17.5. The molecule has 6 heteroatoms. The number of ether oxygens (including phenoxy) is 3. The van der Waals surface area contributed by atoms with Crippen LogP contribution in [0.3, 0.4) is 0 Å². The summed E-state index contributed by atoms with van der Waals surface area (Å²) in [6, 6.07) is 0. The Hall–Kier alpha value is -1.72. The highest BCUT2D eigenvalue weighted by atomic mass is 16.6. The molecule has 0 bridgehead atoms. The molecule has 0 atom stereocenters. The van der Waals surface area contributed by atoms with Crippen molar-refractivity contribution in [3.05, 3.63) is 11.5 Å². The van der Waals surface area contributed by atoms with Crippen LogP contribution < -0.4 is 5.11 Å². The van der Waals surface area contributed by atoms with E-state index < -0.39 is 23.5 Å². The fourth-order valence-corrected chi connectivity index (χ4v) is 3.25. The highest BCUT2D eigenvalue weighted by molar-refractivity contribution is 5.95. The zero-order valence-electron chi connectivity index (χ0n) is 19.5. The highest BCUT2D eigenvalue weighted by Gasteiger charge is 2.21. The van der Waals surface area contributed by atoms with E-state index in [1.54, 1.807) is 13.8 Å². The van der Waals surface area contributed by atoms with Crippen molar-refractivity contribution in [3.63, 3.8) is 0 Å². The lowest BCUT2D eigenvalue weighted by molar-refractivity contribution is -0.303. The lowest BCUT2D eigenvalue weighted by atomic mass is 10.0. The summed E-state index contributed by atoms with van der Waals surface area (Å²) in [6.45, 7) is 5.98. The van der Waals surface area contributed by atoms with Crippen LogP contribution in [0.1, 0.15) is 111 Å². The van der Waals surface area contributed by atoms with Crippen molar-refractivity contribution in [3.8, 4) is 0 Å². The monoisotopic (exact) mass is 427 g/mol. The molecule has 0 aliphatic carbocycles. The molecule has 6 nitrogen and oxygen atoms in total. The summed E-state index contributed by atoms with van der Waals surface area (Å²) in [4.78, 5) is 23.3. The zero-order chi connectivity index (χ0) is 22.5. The summed E-state index contributed by atoms with van der Waals surface area (Å²) in [7, 11) is 0. The van der Waals surface area contributed by atoms with Crippen molar-refractivity contribution in [1.82, 2.24) is 0 Å². The maximum atomic E-state index is 12.1. The molecular formula is C24H43O6-. The fraction of sp³-hybridized carbons (Fsp3) is 0.833. The molecule has 0 aromatic heterocycles. The number of esters is 1. The molecule has 0 fully saturated rings. The Morgan fingerprint density at radius 1 is 0.567 bits per heavy atom. The second-order valence-electron chi connectivity index (χ2n) is 7.54. The maximum Gasteiger partial charge on any atom is 0.377 e. The van der Waals surface area contributed by atoms with Crippen LogP contribution in [-0.4, -0.2) is 31.8 Å². The van der Waals surface area contributed by atoms with Crippen molar-refractivity contribution in [2.45, 2.75) is 111 Å². The van der Waals surface area contributed by atoms with E-state index >= 15 is 0 Å². The fourth-order valence-electron chi connectivity index (χ4n) is 3.25. The first-order valence-corrected chi connectivity index (χ1v) is 12.0. The zero-order valence-corrected chi connectivity index (χ0v) is 19.5. The molecule has 0 aliphatic heterocycles. The summed E-state index contributed by atoms with van der Waals surface area (Å²) in [5.41, 5.74) is 0. The smallest absolute Gasteiger partial charge is 0.377 e. The van der Waals surface area contributed by atoms with Crippen LogP contribution >= 0.6 is 0 Å². The summed E-state index contributed by atoms with van der Waals surface area (Å²) in [5.74, 6) is -3.44.